The maximum absolute atomic E-state index is 12.3. The molecular formula is C23H17Cl2NO3S. The summed E-state index contributed by atoms with van der Waals surface area (Å²) >= 11 is 13.7. The Morgan fingerprint density at radius 1 is 1.03 bits per heavy atom. The summed E-state index contributed by atoms with van der Waals surface area (Å²) in [4.78, 5) is 25.7. The van der Waals surface area contributed by atoms with E-state index in [1.807, 2.05) is 42.5 Å². The molecule has 0 aromatic heterocycles. The first-order valence-corrected chi connectivity index (χ1v) is 10.9. The number of rotatable bonds is 5. The van der Waals surface area contributed by atoms with Crippen molar-refractivity contribution < 1.29 is 14.3 Å². The standard InChI is InChI=1S/C23H17Cl2NO3S/c1-2-26-22(27)20(30-23(26)28)12-14-10-18(24)21(19(25)11-14)29-13-16-8-5-7-15-6-3-4-9-17(15)16/h3-12H,2,13H2,1H3/b20-12+. The summed E-state index contributed by atoms with van der Waals surface area (Å²) < 4.78 is 5.94. The maximum Gasteiger partial charge on any atom is 0.293 e. The molecule has 1 heterocycles. The van der Waals surface area contributed by atoms with Crippen molar-refractivity contribution in [3.8, 4) is 5.75 Å². The number of amides is 2. The van der Waals surface area contributed by atoms with Crippen LogP contribution in [0.5, 0.6) is 5.75 Å². The molecule has 0 saturated carbocycles. The first kappa shape index (κ1) is 20.8. The fourth-order valence-electron chi connectivity index (χ4n) is 3.29. The number of halogens is 2. The van der Waals surface area contributed by atoms with Crippen LogP contribution in [0, 0.1) is 0 Å². The number of ether oxygens (including phenoxy) is 1. The molecule has 0 radical (unpaired) electrons. The van der Waals surface area contributed by atoms with Crippen molar-refractivity contribution in [2.75, 3.05) is 6.54 Å². The summed E-state index contributed by atoms with van der Waals surface area (Å²) in [5.41, 5.74) is 1.65. The molecule has 0 N–H and O–H groups in total. The van der Waals surface area contributed by atoms with Crippen LogP contribution in [-0.2, 0) is 11.4 Å². The lowest BCUT2D eigenvalue weighted by molar-refractivity contribution is -0.122. The van der Waals surface area contributed by atoms with Crippen LogP contribution < -0.4 is 4.74 Å². The van der Waals surface area contributed by atoms with Gasteiger partial charge >= 0.3 is 0 Å². The Morgan fingerprint density at radius 2 is 1.73 bits per heavy atom. The van der Waals surface area contributed by atoms with Crippen LogP contribution in [0.3, 0.4) is 0 Å². The topological polar surface area (TPSA) is 46.6 Å². The highest BCUT2D eigenvalue weighted by Crippen LogP contribution is 2.38. The molecule has 0 unspecified atom stereocenters. The van der Waals surface area contributed by atoms with Crippen molar-refractivity contribution in [1.29, 1.82) is 0 Å². The number of nitrogens with zero attached hydrogens (tertiary/aromatic N) is 1. The van der Waals surface area contributed by atoms with Gasteiger partial charge in [0.15, 0.2) is 5.75 Å². The van der Waals surface area contributed by atoms with Gasteiger partial charge in [-0.3, -0.25) is 14.5 Å². The first-order chi connectivity index (χ1) is 14.5. The van der Waals surface area contributed by atoms with Gasteiger partial charge in [-0.25, -0.2) is 0 Å². The fraction of sp³-hybridized carbons (Fsp3) is 0.130. The third kappa shape index (κ3) is 4.06. The van der Waals surface area contributed by atoms with E-state index in [-0.39, 0.29) is 11.1 Å². The number of fused-ring (bicyclic) bond motifs is 1. The van der Waals surface area contributed by atoms with Gasteiger partial charge in [-0.1, -0.05) is 65.7 Å². The molecule has 30 heavy (non-hydrogen) atoms. The molecule has 3 aromatic rings. The fourth-order valence-corrected chi connectivity index (χ4v) is 4.81. The molecule has 4 nitrogen and oxygen atoms in total. The number of imide groups is 1. The molecular weight excluding hydrogens is 441 g/mol. The lowest BCUT2D eigenvalue weighted by Gasteiger charge is -2.13. The van der Waals surface area contributed by atoms with Gasteiger partial charge in [0.2, 0.25) is 0 Å². The highest BCUT2D eigenvalue weighted by Gasteiger charge is 2.33. The summed E-state index contributed by atoms with van der Waals surface area (Å²) in [5, 5.41) is 2.64. The molecule has 0 aliphatic carbocycles. The Labute approximate surface area is 188 Å². The van der Waals surface area contributed by atoms with E-state index >= 15 is 0 Å². The Bertz CT molecular complexity index is 1160. The van der Waals surface area contributed by atoms with E-state index in [0.717, 1.165) is 28.1 Å². The van der Waals surface area contributed by atoms with Crippen LogP contribution in [0.15, 0.2) is 59.5 Å². The molecule has 0 atom stereocenters. The van der Waals surface area contributed by atoms with Crippen molar-refractivity contribution in [2.24, 2.45) is 0 Å². The SMILES string of the molecule is CCN1C(=O)S/C(=C/c2cc(Cl)c(OCc3cccc4ccccc34)c(Cl)c2)C1=O. The lowest BCUT2D eigenvalue weighted by Crippen LogP contribution is -2.27. The van der Waals surface area contributed by atoms with E-state index in [9.17, 15) is 9.59 Å². The molecule has 1 saturated heterocycles. The molecule has 7 heteroatoms. The molecule has 152 valence electrons. The molecule has 2 amide bonds. The quantitative estimate of drug-likeness (QED) is 0.396. The number of hydrogen-bond donors (Lipinski definition) is 0. The van der Waals surface area contributed by atoms with Gasteiger partial charge in [0, 0.05) is 6.54 Å². The van der Waals surface area contributed by atoms with Crippen LogP contribution in [0.4, 0.5) is 4.79 Å². The number of benzene rings is 3. The highest BCUT2D eigenvalue weighted by atomic mass is 35.5. The van der Waals surface area contributed by atoms with Crippen LogP contribution in [-0.4, -0.2) is 22.6 Å². The summed E-state index contributed by atoms with van der Waals surface area (Å²) in [6.07, 6.45) is 1.62. The summed E-state index contributed by atoms with van der Waals surface area (Å²) in [7, 11) is 0. The number of carbonyl (C=O) groups is 2. The monoisotopic (exact) mass is 457 g/mol. The minimum absolute atomic E-state index is 0.277. The van der Waals surface area contributed by atoms with E-state index in [1.54, 1.807) is 25.1 Å². The smallest absolute Gasteiger partial charge is 0.293 e. The van der Waals surface area contributed by atoms with Crippen molar-refractivity contribution >= 4 is 63.0 Å². The molecule has 0 spiro atoms. The zero-order valence-electron chi connectivity index (χ0n) is 16.0. The van der Waals surface area contributed by atoms with Crippen LogP contribution >= 0.6 is 35.0 Å². The maximum atomic E-state index is 12.3. The van der Waals surface area contributed by atoms with Gasteiger partial charge < -0.3 is 4.74 Å². The average Bonchev–Trinajstić information content (AvgIpc) is 2.99. The van der Waals surface area contributed by atoms with Gasteiger partial charge in [0.05, 0.1) is 15.0 Å². The molecule has 4 rings (SSSR count). The van der Waals surface area contributed by atoms with Gasteiger partial charge in [-0.2, -0.15) is 0 Å². The molecule has 1 aliphatic rings. The Hall–Kier alpha value is -2.47. The molecule has 1 fully saturated rings. The van der Waals surface area contributed by atoms with Gasteiger partial charge in [0.25, 0.3) is 11.1 Å². The largest absolute Gasteiger partial charge is 0.486 e. The zero-order chi connectivity index (χ0) is 21.3. The van der Waals surface area contributed by atoms with Crippen molar-refractivity contribution in [3.05, 3.63) is 80.7 Å². The third-order valence-electron chi connectivity index (χ3n) is 4.76. The zero-order valence-corrected chi connectivity index (χ0v) is 18.4. The van der Waals surface area contributed by atoms with Gasteiger partial charge in [0.1, 0.15) is 6.61 Å². The number of carbonyl (C=O) groups excluding carboxylic acids is 2. The summed E-state index contributed by atoms with van der Waals surface area (Å²) in [6, 6.07) is 17.5. The lowest BCUT2D eigenvalue weighted by atomic mass is 10.1. The van der Waals surface area contributed by atoms with Crippen molar-refractivity contribution in [1.82, 2.24) is 4.90 Å². The minimum Gasteiger partial charge on any atom is -0.486 e. The Kier molecular flexibility index (Phi) is 6.04. The second-order valence-electron chi connectivity index (χ2n) is 6.67. The van der Waals surface area contributed by atoms with Crippen LogP contribution in [0.25, 0.3) is 16.8 Å². The predicted octanol–water partition coefficient (Wildman–Crippen LogP) is 6.78. The van der Waals surface area contributed by atoms with E-state index < -0.39 is 0 Å². The Morgan fingerprint density at radius 3 is 2.43 bits per heavy atom. The van der Waals surface area contributed by atoms with E-state index in [1.165, 1.54) is 4.90 Å². The van der Waals surface area contributed by atoms with E-state index in [2.05, 4.69) is 0 Å². The highest BCUT2D eigenvalue weighted by molar-refractivity contribution is 8.18. The van der Waals surface area contributed by atoms with Gasteiger partial charge in [-0.15, -0.1) is 0 Å². The average molecular weight is 458 g/mol. The number of likely N-dealkylation sites (N-methyl/N-ethyl adjacent to an activating group) is 1. The van der Waals surface area contributed by atoms with Crippen molar-refractivity contribution in [2.45, 2.75) is 13.5 Å². The van der Waals surface area contributed by atoms with Crippen molar-refractivity contribution in [3.63, 3.8) is 0 Å². The van der Waals surface area contributed by atoms with Crippen LogP contribution in [0.1, 0.15) is 18.1 Å². The summed E-state index contributed by atoms with van der Waals surface area (Å²) in [5.74, 6) is 0.0705. The second kappa shape index (κ2) is 8.72. The number of hydrogen-bond acceptors (Lipinski definition) is 4. The van der Waals surface area contributed by atoms with Crippen LogP contribution in [0.2, 0.25) is 10.0 Å². The molecule has 3 aromatic carbocycles. The second-order valence-corrected chi connectivity index (χ2v) is 8.47. The molecule has 0 bridgehead atoms. The molecule has 1 aliphatic heterocycles. The first-order valence-electron chi connectivity index (χ1n) is 9.31. The summed E-state index contributed by atoms with van der Waals surface area (Å²) in [6.45, 7) is 2.41. The van der Waals surface area contributed by atoms with Gasteiger partial charge in [-0.05, 0) is 58.8 Å². The third-order valence-corrected chi connectivity index (χ3v) is 6.23. The normalized spacial score (nSPS) is 15.4. The number of thioether (sulfide) groups is 1. The van der Waals surface area contributed by atoms with E-state index in [4.69, 9.17) is 27.9 Å². The Balaban J connectivity index is 1.57. The van der Waals surface area contributed by atoms with E-state index in [0.29, 0.717) is 39.4 Å². The minimum atomic E-state index is -0.309. The predicted molar refractivity (Wildman–Crippen MR) is 123 cm³/mol.